The molecule has 11 heteroatoms. The molecule has 0 aliphatic rings. The first-order valence-electron chi connectivity index (χ1n) is 13.1. The minimum absolute atomic E-state index is 0.192. The normalized spacial score (nSPS) is 11.2. The number of hydrogen-bond donors (Lipinski definition) is 2. The van der Waals surface area contributed by atoms with Crippen molar-refractivity contribution in [2.45, 2.75) is 38.9 Å². The van der Waals surface area contributed by atoms with Crippen molar-refractivity contribution < 1.29 is 13.9 Å². The van der Waals surface area contributed by atoms with Crippen molar-refractivity contribution in [1.82, 2.24) is 19.9 Å². The maximum atomic E-state index is 6.08. The maximum Gasteiger partial charge on any atom is 0.247 e. The molecule has 0 aliphatic heterocycles. The van der Waals surface area contributed by atoms with Gasteiger partial charge >= 0.3 is 0 Å². The van der Waals surface area contributed by atoms with Crippen LogP contribution < -0.4 is 20.9 Å². The average molecular weight is 695 g/mol. The van der Waals surface area contributed by atoms with E-state index >= 15 is 0 Å². The summed E-state index contributed by atoms with van der Waals surface area (Å²) >= 11 is 2.04. The van der Waals surface area contributed by atoms with Crippen LogP contribution >= 0.6 is 22.6 Å². The molecule has 2 aromatic carbocycles. The van der Waals surface area contributed by atoms with Crippen molar-refractivity contribution in [3.63, 3.8) is 0 Å². The Morgan fingerprint density at radius 3 is 1.88 bits per heavy atom. The van der Waals surface area contributed by atoms with Gasteiger partial charge in [-0.25, -0.2) is 9.97 Å². The lowest BCUT2D eigenvalue weighted by Crippen LogP contribution is -2.40. The lowest BCUT2D eigenvalue weighted by molar-refractivity contribution is 0.328. The number of rotatable bonds is 7. The van der Waals surface area contributed by atoms with Gasteiger partial charge in [-0.1, -0.05) is 69.2 Å². The number of para-hydroxylation sites is 2. The van der Waals surface area contributed by atoms with E-state index in [-0.39, 0.29) is 5.04 Å². The molecule has 4 N–H and O–H groups in total. The van der Waals surface area contributed by atoms with Gasteiger partial charge in [0.15, 0.2) is 8.32 Å². The molecule has 0 unspecified atom stereocenters. The summed E-state index contributed by atoms with van der Waals surface area (Å²) in [5.41, 5.74) is 13.1. The number of nitrogen functional groups attached to an aromatic ring is 2. The zero-order valence-corrected chi connectivity index (χ0v) is 27.5. The molecule has 0 bridgehead atoms. The Kier molecular flexibility index (Phi) is 11.8. The zero-order valence-electron chi connectivity index (χ0n) is 24.3. The van der Waals surface area contributed by atoms with Gasteiger partial charge in [-0.05, 0) is 77.0 Å². The number of nitrogens with two attached hydrogens (primary N) is 2. The fourth-order valence-corrected chi connectivity index (χ4v) is 4.19. The Bertz CT molecular complexity index is 1540. The predicted octanol–water partition coefficient (Wildman–Crippen LogP) is 7.24. The van der Waals surface area contributed by atoms with Gasteiger partial charge in [-0.15, -0.1) is 0 Å². The van der Waals surface area contributed by atoms with Crippen LogP contribution in [0.4, 0.5) is 11.4 Å². The van der Waals surface area contributed by atoms with Crippen LogP contribution in [-0.4, -0.2) is 34.9 Å². The van der Waals surface area contributed by atoms with E-state index in [1.165, 1.54) is 12.7 Å². The van der Waals surface area contributed by atoms with E-state index in [9.17, 15) is 0 Å². The van der Waals surface area contributed by atoms with Crippen molar-refractivity contribution in [3.8, 4) is 35.1 Å². The highest BCUT2D eigenvalue weighted by Crippen LogP contribution is 2.36. The van der Waals surface area contributed by atoms with Gasteiger partial charge in [0.1, 0.15) is 44.9 Å². The summed E-state index contributed by atoms with van der Waals surface area (Å²) in [5, 5.41) is 0.192. The number of benzene rings is 2. The standard InChI is InChI=1S/C21H27N3O2Si.C10H8IN3O/c1-21(2,3)27(4,5)25-15-11-7-10-14-18-19(22)20(24-16-23-18)26-17-12-8-6-9-13-17;11-9-8(12)10(14-6-13-9)15-7-4-2-1-3-5-7/h6-9,11-13,16H,15,22H2,1-5H3;1-6H,12H2/b11-7+;. The molecule has 2 aromatic heterocycles. The molecule has 218 valence electrons. The van der Waals surface area contributed by atoms with Crippen molar-refractivity contribution in [1.29, 1.82) is 0 Å². The number of nitrogens with zero attached hydrogens (tertiary/aromatic N) is 4. The minimum atomic E-state index is -1.74. The third kappa shape index (κ3) is 9.83. The average Bonchev–Trinajstić information content (AvgIpc) is 2.96. The number of allylic oxidation sites excluding steroid dienone is 1. The summed E-state index contributed by atoms with van der Waals surface area (Å²) in [5.74, 6) is 7.92. The molecule has 0 atom stereocenters. The van der Waals surface area contributed by atoms with E-state index in [0.717, 1.165) is 0 Å². The van der Waals surface area contributed by atoms with Gasteiger partial charge in [0.25, 0.3) is 0 Å². The summed E-state index contributed by atoms with van der Waals surface area (Å²) in [6, 6.07) is 18.7. The largest absolute Gasteiger partial charge is 0.437 e. The quantitative estimate of drug-likeness (QED) is 0.0890. The Balaban J connectivity index is 0.000000271. The Morgan fingerprint density at radius 1 is 0.810 bits per heavy atom. The summed E-state index contributed by atoms with van der Waals surface area (Å²) in [7, 11) is -1.74. The van der Waals surface area contributed by atoms with Crippen molar-refractivity contribution >= 4 is 42.3 Å². The fourth-order valence-electron chi connectivity index (χ4n) is 2.89. The van der Waals surface area contributed by atoms with Gasteiger partial charge in [0.05, 0.1) is 6.61 Å². The molecule has 2 heterocycles. The van der Waals surface area contributed by atoms with Crippen molar-refractivity contribution in [2.24, 2.45) is 0 Å². The molecule has 0 amide bonds. The third-order valence-electron chi connectivity index (χ3n) is 6.30. The molecule has 4 aromatic rings. The first kappa shape index (κ1) is 32.5. The Hall–Kier alpha value is -3.99. The van der Waals surface area contributed by atoms with Crippen LogP contribution in [0.3, 0.4) is 0 Å². The molecule has 42 heavy (non-hydrogen) atoms. The first-order valence-corrected chi connectivity index (χ1v) is 17.1. The van der Waals surface area contributed by atoms with E-state index in [1.54, 1.807) is 6.08 Å². The molecule has 0 aliphatic carbocycles. The monoisotopic (exact) mass is 694 g/mol. The number of aromatic nitrogens is 4. The molecule has 0 fully saturated rings. The van der Waals surface area contributed by atoms with E-state index < -0.39 is 8.32 Å². The minimum Gasteiger partial charge on any atom is -0.437 e. The molecule has 0 spiro atoms. The fraction of sp³-hybridized carbons (Fsp3) is 0.226. The Labute approximate surface area is 262 Å². The molecule has 9 nitrogen and oxygen atoms in total. The van der Waals surface area contributed by atoms with Crippen LogP contribution in [0.2, 0.25) is 18.1 Å². The van der Waals surface area contributed by atoms with Crippen molar-refractivity contribution in [3.05, 3.63) is 94.9 Å². The van der Waals surface area contributed by atoms with Crippen LogP contribution in [0, 0.1) is 15.5 Å². The highest BCUT2D eigenvalue weighted by Gasteiger charge is 2.36. The van der Waals surface area contributed by atoms with E-state index in [4.69, 9.17) is 25.4 Å². The summed E-state index contributed by atoms with van der Waals surface area (Å²) in [6.07, 6.45) is 6.48. The van der Waals surface area contributed by atoms with Gasteiger partial charge in [-0.2, -0.15) is 9.97 Å². The number of hydrogen-bond acceptors (Lipinski definition) is 9. The number of ether oxygens (including phenoxy) is 2. The summed E-state index contributed by atoms with van der Waals surface area (Å²) in [6.45, 7) is 11.7. The highest BCUT2D eigenvalue weighted by molar-refractivity contribution is 14.1. The van der Waals surface area contributed by atoms with Crippen LogP contribution in [0.15, 0.2) is 85.5 Å². The van der Waals surface area contributed by atoms with Gasteiger partial charge in [-0.3, -0.25) is 0 Å². The van der Waals surface area contributed by atoms with Gasteiger partial charge in [0, 0.05) is 0 Å². The zero-order chi connectivity index (χ0) is 30.6. The first-order chi connectivity index (χ1) is 20.0. The SMILES string of the molecule is CC(C)(C)[Si](C)(C)OC/C=C/C#Cc1ncnc(Oc2ccccc2)c1N.Nc1c(I)ncnc1Oc1ccccc1. The van der Waals surface area contributed by atoms with E-state index in [1.807, 2.05) is 89.3 Å². The lowest BCUT2D eigenvalue weighted by atomic mass is 10.2. The second-order valence-corrected chi connectivity index (χ2v) is 16.2. The second kappa shape index (κ2) is 15.3. The molecule has 0 radical (unpaired) electrons. The number of halogens is 1. The van der Waals surface area contributed by atoms with Gasteiger partial charge in [0.2, 0.25) is 11.8 Å². The predicted molar refractivity (Wildman–Crippen MR) is 178 cm³/mol. The summed E-state index contributed by atoms with van der Waals surface area (Å²) in [4.78, 5) is 16.1. The van der Waals surface area contributed by atoms with Crippen LogP contribution in [0.5, 0.6) is 23.3 Å². The third-order valence-corrected chi connectivity index (χ3v) is 11.7. The summed E-state index contributed by atoms with van der Waals surface area (Å²) < 4.78 is 18.0. The highest BCUT2D eigenvalue weighted by atomic mass is 127. The lowest BCUT2D eigenvalue weighted by Gasteiger charge is -2.35. The smallest absolute Gasteiger partial charge is 0.247 e. The second-order valence-electron chi connectivity index (χ2n) is 10.4. The van der Waals surface area contributed by atoms with Crippen LogP contribution in [0.1, 0.15) is 26.5 Å². The van der Waals surface area contributed by atoms with E-state index in [2.05, 4.69) is 65.6 Å². The Morgan fingerprint density at radius 2 is 1.33 bits per heavy atom. The molecule has 4 rings (SSSR count). The molecular weight excluding hydrogens is 659 g/mol. The van der Waals surface area contributed by atoms with E-state index in [0.29, 0.717) is 50.6 Å². The van der Waals surface area contributed by atoms with Crippen molar-refractivity contribution in [2.75, 3.05) is 18.1 Å². The van der Waals surface area contributed by atoms with Gasteiger partial charge < -0.3 is 25.4 Å². The topological polar surface area (TPSA) is 131 Å². The molecule has 0 saturated heterocycles. The molecule has 0 saturated carbocycles. The maximum absolute atomic E-state index is 6.08. The van der Waals surface area contributed by atoms with Crippen LogP contribution in [0.25, 0.3) is 0 Å². The van der Waals surface area contributed by atoms with Crippen LogP contribution in [-0.2, 0) is 4.43 Å². The number of anilines is 2. The molecular formula is C31H35IN6O3Si.